The summed E-state index contributed by atoms with van der Waals surface area (Å²) in [6.45, 7) is 2.24. The zero-order valence-corrected chi connectivity index (χ0v) is 8.78. The summed E-state index contributed by atoms with van der Waals surface area (Å²) in [6.07, 6.45) is 4.56. The Morgan fingerprint density at radius 3 is 2.43 bits per heavy atom. The van der Waals surface area contributed by atoms with Crippen molar-refractivity contribution in [2.45, 2.75) is 51.6 Å². The largest absolute Gasteiger partial charge is 0.481 e. The Bertz CT molecular complexity index is 183. The lowest BCUT2D eigenvalue weighted by Crippen LogP contribution is -2.25. The van der Waals surface area contributed by atoms with Crippen LogP contribution in [0.15, 0.2) is 0 Å². The van der Waals surface area contributed by atoms with Crippen molar-refractivity contribution in [3.05, 3.63) is 0 Å². The molecular formula is C11H20O3. The standard InChI is InChI=1S/C11H20O3/c1-8-2-4-9(5-3-8)10(12)6-7-11(13)14/h8-10,12H,2-7H2,1H3,(H,13,14). The van der Waals surface area contributed by atoms with Gasteiger partial charge in [-0.25, -0.2) is 0 Å². The number of carboxylic acids is 1. The van der Waals surface area contributed by atoms with Gasteiger partial charge in [-0.15, -0.1) is 0 Å². The molecular weight excluding hydrogens is 180 g/mol. The van der Waals surface area contributed by atoms with E-state index in [1.807, 2.05) is 0 Å². The summed E-state index contributed by atoms with van der Waals surface area (Å²) in [7, 11) is 0. The molecule has 1 aliphatic carbocycles. The Hall–Kier alpha value is -0.570. The van der Waals surface area contributed by atoms with Gasteiger partial charge in [-0.1, -0.05) is 19.8 Å². The van der Waals surface area contributed by atoms with E-state index >= 15 is 0 Å². The Labute approximate surface area is 85.1 Å². The average Bonchev–Trinajstić information content (AvgIpc) is 2.15. The lowest BCUT2D eigenvalue weighted by atomic mass is 9.79. The quantitative estimate of drug-likeness (QED) is 0.730. The van der Waals surface area contributed by atoms with Crippen LogP contribution in [0.4, 0.5) is 0 Å². The van der Waals surface area contributed by atoms with E-state index in [-0.39, 0.29) is 6.42 Å². The Morgan fingerprint density at radius 2 is 1.93 bits per heavy atom. The highest BCUT2D eigenvalue weighted by atomic mass is 16.4. The molecule has 0 aromatic heterocycles. The highest BCUT2D eigenvalue weighted by Gasteiger charge is 2.24. The first kappa shape index (κ1) is 11.5. The molecule has 0 saturated heterocycles. The van der Waals surface area contributed by atoms with E-state index in [1.165, 1.54) is 12.8 Å². The molecule has 2 N–H and O–H groups in total. The van der Waals surface area contributed by atoms with Crippen molar-refractivity contribution in [2.24, 2.45) is 11.8 Å². The summed E-state index contributed by atoms with van der Waals surface area (Å²) in [5, 5.41) is 18.2. The maximum Gasteiger partial charge on any atom is 0.303 e. The number of hydrogen-bond donors (Lipinski definition) is 2. The summed E-state index contributed by atoms with van der Waals surface area (Å²) in [4.78, 5) is 10.3. The van der Waals surface area contributed by atoms with Crippen LogP contribution in [0.5, 0.6) is 0 Å². The van der Waals surface area contributed by atoms with Crippen LogP contribution in [-0.4, -0.2) is 22.3 Å². The molecule has 1 rings (SSSR count). The molecule has 0 amide bonds. The van der Waals surface area contributed by atoms with Gasteiger partial charge in [-0.3, -0.25) is 4.79 Å². The van der Waals surface area contributed by atoms with E-state index < -0.39 is 12.1 Å². The lowest BCUT2D eigenvalue weighted by Gasteiger charge is -2.29. The second kappa shape index (κ2) is 5.35. The normalized spacial score (nSPS) is 29.9. The van der Waals surface area contributed by atoms with E-state index in [1.54, 1.807) is 0 Å². The van der Waals surface area contributed by atoms with E-state index in [0.717, 1.165) is 18.8 Å². The zero-order chi connectivity index (χ0) is 10.6. The molecule has 0 aliphatic heterocycles. The SMILES string of the molecule is CC1CCC(C(O)CCC(=O)O)CC1. The number of aliphatic hydroxyl groups is 1. The molecule has 14 heavy (non-hydrogen) atoms. The fraction of sp³-hybridized carbons (Fsp3) is 0.909. The van der Waals surface area contributed by atoms with Crippen LogP contribution in [0.25, 0.3) is 0 Å². The summed E-state index contributed by atoms with van der Waals surface area (Å²) in [5.41, 5.74) is 0. The molecule has 0 bridgehead atoms. The van der Waals surface area contributed by atoms with Crippen LogP contribution in [0.1, 0.15) is 45.4 Å². The molecule has 3 heteroatoms. The van der Waals surface area contributed by atoms with Crippen LogP contribution in [0.2, 0.25) is 0 Å². The van der Waals surface area contributed by atoms with Crippen molar-refractivity contribution in [2.75, 3.05) is 0 Å². The minimum Gasteiger partial charge on any atom is -0.481 e. The van der Waals surface area contributed by atoms with Crippen LogP contribution < -0.4 is 0 Å². The van der Waals surface area contributed by atoms with Crippen molar-refractivity contribution < 1.29 is 15.0 Å². The van der Waals surface area contributed by atoms with Gasteiger partial charge in [0.25, 0.3) is 0 Å². The molecule has 82 valence electrons. The number of aliphatic carboxylic acids is 1. The summed E-state index contributed by atoms with van der Waals surface area (Å²) >= 11 is 0. The van der Waals surface area contributed by atoms with Crippen molar-refractivity contribution in [1.82, 2.24) is 0 Å². The molecule has 1 aliphatic rings. The van der Waals surface area contributed by atoms with E-state index in [0.29, 0.717) is 12.3 Å². The maximum absolute atomic E-state index is 10.3. The number of hydrogen-bond acceptors (Lipinski definition) is 2. The average molecular weight is 200 g/mol. The second-order valence-electron chi connectivity index (χ2n) is 4.52. The highest BCUT2D eigenvalue weighted by Crippen LogP contribution is 2.31. The molecule has 3 nitrogen and oxygen atoms in total. The van der Waals surface area contributed by atoms with Gasteiger partial charge in [0.05, 0.1) is 6.10 Å². The minimum atomic E-state index is -0.812. The van der Waals surface area contributed by atoms with Crippen molar-refractivity contribution >= 4 is 5.97 Å². The van der Waals surface area contributed by atoms with Gasteiger partial charge in [-0.2, -0.15) is 0 Å². The Kier molecular flexibility index (Phi) is 4.39. The van der Waals surface area contributed by atoms with E-state index in [9.17, 15) is 9.90 Å². The monoisotopic (exact) mass is 200 g/mol. The first-order valence-electron chi connectivity index (χ1n) is 5.49. The van der Waals surface area contributed by atoms with Gasteiger partial charge in [0, 0.05) is 6.42 Å². The number of carboxylic acid groups (broad SMARTS) is 1. The lowest BCUT2D eigenvalue weighted by molar-refractivity contribution is -0.137. The molecule has 1 fully saturated rings. The molecule has 0 heterocycles. The number of aliphatic hydroxyl groups excluding tert-OH is 1. The summed E-state index contributed by atoms with van der Waals surface area (Å²) in [6, 6.07) is 0. The van der Waals surface area contributed by atoms with Gasteiger partial charge in [0.2, 0.25) is 0 Å². The first-order valence-corrected chi connectivity index (χ1v) is 5.49. The predicted molar refractivity (Wildman–Crippen MR) is 54.0 cm³/mol. The maximum atomic E-state index is 10.3. The Balaban J connectivity index is 2.23. The molecule has 0 aromatic carbocycles. The van der Waals surface area contributed by atoms with Crippen molar-refractivity contribution in [3.8, 4) is 0 Å². The second-order valence-corrected chi connectivity index (χ2v) is 4.52. The molecule has 1 saturated carbocycles. The van der Waals surface area contributed by atoms with Crippen LogP contribution in [0, 0.1) is 11.8 Å². The molecule has 0 spiro atoms. The van der Waals surface area contributed by atoms with Crippen LogP contribution >= 0.6 is 0 Å². The van der Waals surface area contributed by atoms with Gasteiger partial charge in [0.1, 0.15) is 0 Å². The fourth-order valence-electron chi connectivity index (χ4n) is 2.18. The van der Waals surface area contributed by atoms with Gasteiger partial charge in [-0.05, 0) is 31.1 Å². The summed E-state index contributed by atoms with van der Waals surface area (Å²) < 4.78 is 0. The summed E-state index contributed by atoms with van der Waals surface area (Å²) in [5.74, 6) is 0.303. The molecule has 1 unspecified atom stereocenters. The van der Waals surface area contributed by atoms with Gasteiger partial charge >= 0.3 is 5.97 Å². The fourth-order valence-corrected chi connectivity index (χ4v) is 2.18. The van der Waals surface area contributed by atoms with E-state index in [4.69, 9.17) is 5.11 Å². The van der Waals surface area contributed by atoms with Gasteiger partial charge in [0.15, 0.2) is 0 Å². The Morgan fingerprint density at radius 1 is 1.36 bits per heavy atom. The van der Waals surface area contributed by atoms with Crippen molar-refractivity contribution in [1.29, 1.82) is 0 Å². The van der Waals surface area contributed by atoms with E-state index in [2.05, 4.69) is 6.92 Å². The topological polar surface area (TPSA) is 57.5 Å². The number of rotatable bonds is 4. The van der Waals surface area contributed by atoms with Crippen LogP contribution in [-0.2, 0) is 4.79 Å². The molecule has 0 radical (unpaired) electrons. The number of carbonyl (C=O) groups is 1. The smallest absolute Gasteiger partial charge is 0.303 e. The zero-order valence-electron chi connectivity index (χ0n) is 8.78. The third kappa shape index (κ3) is 3.66. The molecule has 0 aromatic rings. The third-order valence-corrected chi connectivity index (χ3v) is 3.26. The van der Waals surface area contributed by atoms with Gasteiger partial charge < -0.3 is 10.2 Å². The minimum absolute atomic E-state index is 0.0905. The molecule has 1 atom stereocenters. The highest BCUT2D eigenvalue weighted by molar-refractivity contribution is 5.66. The first-order chi connectivity index (χ1) is 6.59. The van der Waals surface area contributed by atoms with Crippen LogP contribution in [0.3, 0.4) is 0 Å². The third-order valence-electron chi connectivity index (χ3n) is 3.26. The van der Waals surface area contributed by atoms with Crippen molar-refractivity contribution in [3.63, 3.8) is 0 Å². The predicted octanol–water partition coefficient (Wildman–Crippen LogP) is 2.04.